The highest BCUT2D eigenvalue weighted by atomic mass is 32.2. The van der Waals surface area contributed by atoms with E-state index in [2.05, 4.69) is 29.9 Å². The smallest absolute Gasteiger partial charge is 0.179 e. The van der Waals surface area contributed by atoms with Gasteiger partial charge in [0.05, 0.1) is 0 Å². The van der Waals surface area contributed by atoms with Gasteiger partial charge in [0.15, 0.2) is 9.84 Å². The summed E-state index contributed by atoms with van der Waals surface area (Å²) in [6.45, 7) is 7.95. The van der Waals surface area contributed by atoms with Crippen molar-refractivity contribution in [2.45, 2.75) is 75.5 Å². The molecule has 1 saturated carbocycles. The molecule has 1 fully saturated rings. The van der Waals surface area contributed by atoms with Crippen molar-refractivity contribution in [3.8, 4) is 0 Å². The summed E-state index contributed by atoms with van der Waals surface area (Å²) in [5.41, 5.74) is 0.661. The van der Waals surface area contributed by atoms with Crippen molar-refractivity contribution in [2.75, 3.05) is 18.2 Å². The van der Waals surface area contributed by atoms with E-state index < -0.39 is 17.9 Å². The highest BCUT2D eigenvalue weighted by Crippen LogP contribution is 2.35. The minimum Gasteiger partial charge on any atom is -0.368 e. The largest absolute Gasteiger partial charge is 0.368 e. The molecule has 0 aliphatic heterocycles. The Balaban J connectivity index is 1.97. The molecule has 0 saturated heterocycles. The van der Waals surface area contributed by atoms with E-state index in [4.69, 9.17) is 4.74 Å². The van der Waals surface area contributed by atoms with Gasteiger partial charge in [0, 0.05) is 38.6 Å². The molecule has 2 heterocycles. The van der Waals surface area contributed by atoms with Crippen molar-refractivity contribution in [1.29, 1.82) is 0 Å². The summed E-state index contributed by atoms with van der Waals surface area (Å²) in [4.78, 5) is 4.83. The van der Waals surface area contributed by atoms with Crippen LogP contribution >= 0.6 is 0 Å². The summed E-state index contributed by atoms with van der Waals surface area (Å²) in [7, 11) is -4.60. The van der Waals surface area contributed by atoms with Crippen molar-refractivity contribution >= 4 is 34.8 Å². The minimum absolute atomic E-state index is 0.291. The van der Waals surface area contributed by atoms with Crippen LogP contribution in [0.2, 0.25) is 25.7 Å². The molecule has 8 heteroatoms. The molecule has 0 spiro atoms. The second-order valence-corrected chi connectivity index (χ2v) is 16.7. The van der Waals surface area contributed by atoms with Gasteiger partial charge in [-0.1, -0.05) is 38.9 Å². The van der Waals surface area contributed by atoms with Crippen LogP contribution in [0, 0.1) is 0 Å². The Labute approximate surface area is 169 Å². The lowest BCUT2D eigenvalue weighted by Gasteiger charge is -2.25. The minimum atomic E-state index is -3.42. The first-order valence-electron chi connectivity index (χ1n) is 10.2. The second kappa shape index (κ2) is 8.55. The molecule has 6 nitrogen and oxygen atoms in total. The van der Waals surface area contributed by atoms with E-state index in [1.165, 1.54) is 25.5 Å². The van der Waals surface area contributed by atoms with Gasteiger partial charge in [0.1, 0.15) is 23.1 Å². The van der Waals surface area contributed by atoms with Gasteiger partial charge >= 0.3 is 0 Å². The Bertz CT molecular complexity index is 913. The molecule has 2 aromatic heterocycles. The highest BCUT2D eigenvalue weighted by molar-refractivity contribution is 7.91. The number of nitrogens with one attached hydrogen (secondary N) is 1. The van der Waals surface area contributed by atoms with Gasteiger partial charge in [-0.3, -0.25) is 4.57 Å². The lowest BCUT2D eigenvalue weighted by atomic mass is 9.95. The second-order valence-electron chi connectivity index (χ2n) is 9.08. The zero-order valence-corrected chi connectivity index (χ0v) is 19.3. The first kappa shape index (κ1) is 21.3. The third-order valence-electron chi connectivity index (χ3n) is 5.31. The molecule has 0 amide bonds. The van der Waals surface area contributed by atoms with Crippen molar-refractivity contribution in [3.63, 3.8) is 0 Å². The molecule has 1 aliphatic rings. The lowest BCUT2D eigenvalue weighted by Crippen LogP contribution is -2.25. The summed E-state index contributed by atoms with van der Waals surface area (Å²) < 4.78 is 33.2. The van der Waals surface area contributed by atoms with E-state index in [1.54, 1.807) is 12.3 Å². The molecular weight excluding hydrogens is 390 g/mol. The van der Waals surface area contributed by atoms with E-state index in [9.17, 15) is 8.42 Å². The molecule has 0 unspecified atom stereocenters. The summed E-state index contributed by atoms with van der Waals surface area (Å²) in [6.07, 6.45) is 8.72. The molecule has 3 rings (SSSR count). The van der Waals surface area contributed by atoms with Crippen LogP contribution in [-0.4, -0.2) is 44.9 Å². The molecule has 0 aromatic carbocycles. The fraction of sp³-hybridized carbons (Fsp3) is 0.650. The number of anilines is 1. The van der Waals surface area contributed by atoms with Crippen LogP contribution in [0.15, 0.2) is 23.2 Å². The summed E-state index contributed by atoms with van der Waals surface area (Å²) in [5, 5.41) is 4.21. The molecule has 0 radical (unpaired) electrons. The topological polar surface area (TPSA) is 73.2 Å². The number of nitrogens with zero attached hydrogens (tertiary/aromatic N) is 2. The predicted molar refractivity (Wildman–Crippen MR) is 117 cm³/mol. The quantitative estimate of drug-likeness (QED) is 0.500. The lowest BCUT2D eigenvalue weighted by molar-refractivity contribution is 0.0908. The normalized spacial score (nSPS) is 16.6. The fourth-order valence-corrected chi connectivity index (χ4v) is 5.60. The zero-order valence-electron chi connectivity index (χ0n) is 17.5. The number of rotatable bonds is 8. The maximum Gasteiger partial charge on any atom is 0.179 e. The predicted octanol–water partition coefficient (Wildman–Crippen LogP) is 4.50. The average molecular weight is 424 g/mol. The Morgan fingerprint density at radius 1 is 1.25 bits per heavy atom. The van der Waals surface area contributed by atoms with Crippen molar-refractivity contribution in [2.24, 2.45) is 0 Å². The monoisotopic (exact) mass is 423 g/mol. The van der Waals surface area contributed by atoms with Crippen LogP contribution in [-0.2, 0) is 21.3 Å². The molecule has 1 N–H and O–H groups in total. The van der Waals surface area contributed by atoms with Crippen LogP contribution in [0.1, 0.15) is 32.1 Å². The summed E-state index contributed by atoms with van der Waals surface area (Å²) in [6, 6.07) is 4.99. The maximum atomic E-state index is 12.7. The summed E-state index contributed by atoms with van der Waals surface area (Å²) in [5.74, 6) is 0.635. The van der Waals surface area contributed by atoms with Crippen LogP contribution < -0.4 is 5.32 Å². The van der Waals surface area contributed by atoms with E-state index in [1.807, 2.05) is 10.6 Å². The fourth-order valence-electron chi connectivity index (χ4n) is 3.76. The molecule has 0 bridgehead atoms. The first-order chi connectivity index (χ1) is 13.2. The number of pyridine rings is 1. The van der Waals surface area contributed by atoms with Crippen LogP contribution in [0.3, 0.4) is 0 Å². The number of hydrogen-bond acceptors (Lipinski definition) is 5. The van der Waals surface area contributed by atoms with Gasteiger partial charge < -0.3 is 10.1 Å². The maximum absolute atomic E-state index is 12.7. The van der Waals surface area contributed by atoms with Gasteiger partial charge in [-0.05, 0) is 31.0 Å². The first-order valence-corrected chi connectivity index (χ1v) is 15.8. The van der Waals surface area contributed by atoms with Gasteiger partial charge in [0.25, 0.3) is 0 Å². The SMILES string of the molecule is C[Si](C)(C)CCOCn1c(NC2CCCCC2)c(S(C)(=O)=O)c2cccnc21. The van der Waals surface area contributed by atoms with E-state index in [0.717, 1.165) is 18.9 Å². The Hall–Kier alpha value is -1.38. The van der Waals surface area contributed by atoms with Gasteiger partial charge in [-0.15, -0.1) is 0 Å². The third kappa shape index (κ3) is 5.15. The van der Waals surface area contributed by atoms with Crippen molar-refractivity contribution in [1.82, 2.24) is 9.55 Å². The van der Waals surface area contributed by atoms with Crippen molar-refractivity contribution in [3.05, 3.63) is 18.3 Å². The van der Waals surface area contributed by atoms with Crippen LogP contribution in [0.5, 0.6) is 0 Å². The number of hydrogen-bond donors (Lipinski definition) is 1. The average Bonchev–Trinajstić information content (AvgIpc) is 2.92. The summed E-state index contributed by atoms with van der Waals surface area (Å²) >= 11 is 0. The Kier molecular flexibility index (Phi) is 6.51. The highest BCUT2D eigenvalue weighted by Gasteiger charge is 2.27. The van der Waals surface area contributed by atoms with Crippen LogP contribution in [0.25, 0.3) is 11.0 Å². The molecule has 156 valence electrons. The number of ether oxygens (including phenoxy) is 1. The van der Waals surface area contributed by atoms with Gasteiger partial charge in [-0.25, -0.2) is 13.4 Å². The van der Waals surface area contributed by atoms with E-state index in [0.29, 0.717) is 41.1 Å². The standard InChI is InChI=1S/C20H33N3O3SSi/c1-27(24,25)18-17-11-8-12-21-19(17)23(15-26-13-14-28(2,3)4)20(18)22-16-9-6-5-7-10-16/h8,11-12,16,22H,5-7,9-10,13-15H2,1-4H3. The zero-order chi connectivity index (χ0) is 20.4. The molecule has 2 aromatic rings. The van der Waals surface area contributed by atoms with Crippen molar-refractivity contribution < 1.29 is 13.2 Å². The number of aromatic nitrogens is 2. The molecule has 1 aliphatic carbocycles. The third-order valence-corrected chi connectivity index (χ3v) is 8.16. The van der Waals surface area contributed by atoms with Crippen LogP contribution in [0.4, 0.5) is 5.82 Å². The molecular formula is C20H33N3O3SSi. The van der Waals surface area contributed by atoms with Gasteiger partial charge in [-0.2, -0.15) is 0 Å². The molecule has 0 atom stereocenters. The number of sulfone groups is 1. The Morgan fingerprint density at radius 2 is 1.96 bits per heavy atom. The molecule has 28 heavy (non-hydrogen) atoms. The van der Waals surface area contributed by atoms with E-state index >= 15 is 0 Å². The van der Waals surface area contributed by atoms with Gasteiger partial charge in [0.2, 0.25) is 0 Å². The Morgan fingerprint density at radius 3 is 2.61 bits per heavy atom. The number of fused-ring (bicyclic) bond motifs is 1. The van der Waals surface area contributed by atoms with E-state index in [-0.39, 0.29) is 0 Å².